The molecule has 2 unspecified atom stereocenters. The first-order valence-corrected chi connectivity index (χ1v) is 6.68. The number of hydrogen-bond donors (Lipinski definition) is 1. The van der Waals surface area contributed by atoms with Crippen LogP contribution >= 0.6 is 0 Å². The average Bonchev–Trinajstić information content (AvgIpc) is 2.25. The summed E-state index contributed by atoms with van der Waals surface area (Å²) in [6.45, 7) is 9.82. The maximum atomic E-state index is 6.14. The number of hydrogen-bond acceptors (Lipinski definition) is 3. The van der Waals surface area contributed by atoms with Crippen LogP contribution < -0.4 is 5.73 Å². The standard InChI is InChI=1S/C15H27N3/c1-12(16)14(15(2,3)4)18(5)11-9-13-8-6-7-10-17-13/h6-8,10,12,14H,9,11,16H2,1-5H3. The average molecular weight is 249 g/mol. The van der Waals surface area contributed by atoms with Gasteiger partial charge >= 0.3 is 0 Å². The van der Waals surface area contributed by atoms with Crippen LogP contribution in [0.15, 0.2) is 24.4 Å². The van der Waals surface area contributed by atoms with Crippen molar-refractivity contribution in [3.63, 3.8) is 0 Å². The molecule has 1 aromatic heterocycles. The lowest BCUT2D eigenvalue weighted by atomic mass is 9.82. The Morgan fingerprint density at radius 3 is 2.44 bits per heavy atom. The number of rotatable bonds is 5. The van der Waals surface area contributed by atoms with Gasteiger partial charge in [0.15, 0.2) is 0 Å². The van der Waals surface area contributed by atoms with Crippen LogP contribution in [0.1, 0.15) is 33.4 Å². The van der Waals surface area contributed by atoms with Gasteiger partial charge in [0.25, 0.3) is 0 Å². The molecule has 1 aromatic rings. The summed E-state index contributed by atoms with van der Waals surface area (Å²) in [7, 11) is 2.15. The molecule has 18 heavy (non-hydrogen) atoms. The quantitative estimate of drug-likeness (QED) is 0.871. The topological polar surface area (TPSA) is 42.1 Å². The van der Waals surface area contributed by atoms with Gasteiger partial charge in [-0.1, -0.05) is 26.8 Å². The summed E-state index contributed by atoms with van der Waals surface area (Å²) in [5.74, 6) is 0. The van der Waals surface area contributed by atoms with Crippen LogP contribution in [0.4, 0.5) is 0 Å². The molecule has 2 N–H and O–H groups in total. The zero-order valence-corrected chi connectivity index (χ0v) is 12.4. The number of aromatic nitrogens is 1. The van der Waals surface area contributed by atoms with Crippen LogP contribution in [0.3, 0.4) is 0 Å². The summed E-state index contributed by atoms with van der Waals surface area (Å²) in [6.07, 6.45) is 2.82. The molecule has 3 heteroatoms. The molecule has 2 atom stereocenters. The second kappa shape index (κ2) is 6.30. The van der Waals surface area contributed by atoms with E-state index in [1.165, 1.54) is 0 Å². The third kappa shape index (κ3) is 4.39. The number of nitrogens with two attached hydrogens (primary N) is 1. The highest BCUT2D eigenvalue weighted by Crippen LogP contribution is 2.25. The van der Waals surface area contributed by atoms with Crippen molar-refractivity contribution < 1.29 is 0 Å². The maximum Gasteiger partial charge on any atom is 0.0416 e. The normalized spacial score (nSPS) is 15.7. The second-order valence-corrected chi connectivity index (χ2v) is 6.22. The zero-order valence-electron chi connectivity index (χ0n) is 12.4. The molecular weight excluding hydrogens is 222 g/mol. The smallest absolute Gasteiger partial charge is 0.0416 e. The Labute approximate surface area is 111 Å². The first-order valence-electron chi connectivity index (χ1n) is 6.68. The van der Waals surface area contributed by atoms with Gasteiger partial charge in [-0.05, 0) is 31.5 Å². The minimum atomic E-state index is 0.165. The van der Waals surface area contributed by atoms with Crippen molar-refractivity contribution in [2.24, 2.45) is 11.1 Å². The van der Waals surface area contributed by atoms with Gasteiger partial charge < -0.3 is 10.6 Å². The molecule has 0 saturated carbocycles. The van der Waals surface area contributed by atoms with Gasteiger partial charge in [-0.3, -0.25) is 4.98 Å². The highest BCUT2D eigenvalue weighted by molar-refractivity contribution is 5.04. The molecule has 0 saturated heterocycles. The van der Waals surface area contributed by atoms with E-state index in [1.807, 2.05) is 18.3 Å². The third-order valence-corrected chi connectivity index (χ3v) is 3.31. The fourth-order valence-corrected chi connectivity index (χ4v) is 2.83. The van der Waals surface area contributed by atoms with Crippen LogP contribution in [0.2, 0.25) is 0 Å². The molecular formula is C15H27N3. The van der Waals surface area contributed by atoms with Gasteiger partial charge in [0.1, 0.15) is 0 Å². The molecule has 0 amide bonds. The fourth-order valence-electron chi connectivity index (χ4n) is 2.83. The molecule has 0 aromatic carbocycles. The first-order chi connectivity index (χ1) is 8.32. The largest absolute Gasteiger partial charge is 0.327 e. The second-order valence-electron chi connectivity index (χ2n) is 6.22. The minimum Gasteiger partial charge on any atom is -0.327 e. The predicted octanol–water partition coefficient (Wildman–Crippen LogP) is 2.32. The van der Waals surface area contributed by atoms with Crippen molar-refractivity contribution in [3.8, 4) is 0 Å². The van der Waals surface area contributed by atoms with E-state index in [0.29, 0.717) is 6.04 Å². The monoisotopic (exact) mass is 249 g/mol. The summed E-state index contributed by atoms with van der Waals surface area (Å²) in [6, 6.07) is 6.61. The highest BCUT2D eigenvalue weighted by atomic mass is 15.2. The Balaban J connectivity index is 2.60. The Morgan fingerprint density at radius 2 is 2.00 bits per heavy atom. The zero-order chi connectivity index (χ0) is 13.8. The molecule has 0 aliphatic rings. The van der Waals surface area contributed by atoms with Crippen molar-refractivity contribution >= 4 is 0 Å². The summed E-state index contributed by atoms with van der Waals surface area (Å²) in [5.41, 5.74) is 7.46. The molecule has 3 nitrogen and oxygen atoms in total. The minimum absolute atomic E-state index is 0.165. The van der Waals surface area contributed by atoms with E-state index in [2.05, 4.69) is 50.7 Å². The first kappa shape index (κ1) is 15.1. The van der Waals surface area contributed by atoms with Crippen molar-refractivity contribution in [3.05, 3.63) is 30.1 Å². The molecule has 0 fully saturated rings. The van der Waals surface area contributed by atoms with E-state index in [9.17, 15) is 0 Å². The predicted molar refractivity (Wildman–Crippen MR) is 77.5 cm³/mol. The van der Waals surface area contributed by atoms with Crippen molar-refractivity contribution in [1.29, 1.82) is 0 Å². The van der Waals surface area contributed by atoms with E-state index in [-0.39, 0.29) is 11.5 Å². The van der Waals surface area contributed by atoms with Gasteiger partial charge in [0.2, 0.25) is 0 Å². The summed E-state index contributed by atoms with van der Waals surface area (Å²) < 4.78 is 0. The highest BCUT2D eigenvalue weighted by Gasteiger charge is 2.31. The van der Waals surface area contributed by atoms with Gasteiger partial charge in [0, 0.05) is 36.9 Å². The lowest BCUT2D eigenvalue weighted by Gasteiger charge is -2.40. The Morgan fingerprint density at radius 1 is 1.33 bits per heavy atom. The van der Waals surface area contributed by atoms with E-state index in [1.54, 1.807) is 0 Å². The van der Waals surface area contributed by atoms with Crippen molar-refractivity contribution in [2.45, 2.75) is 46.2 Å². The summed E-state index contributed by atoms with van der Waals surface area (Å²) in [4.78, 5) is 6.72. The summed E-state index contributed by atoms with van der Waals surface area (Å²) in [5, 5.41) is 0. The summed E-state index contributed by atoms with van der Waals surface area (Å²) >= 11 is 0. The molecule has 0 radical (unpaired) electrons. The van der Waals surface area contributed by atoms with E-state index < -0.39 is 0 Å². The molecule has 1 rings (SSSR count). The Bertz CT molecular complexity index is 341. The number of nitrogens with zero attached hydrogens (tertiary/aromatic N) is 2. The molecule has 1 heterocycles. The Hall–Kier alpha value is -0.930. The van der Waals surface area contributed by atoms with Gasteiger partial charge in [-0.2, -0.15) is 0 Å². The lowest BCUT2D eigenvalue weighted by Crippen LogP contribution is -2.52. The van der Waals surface area contributed by atoms with E-state index in [0.717, 1.165) is 18.7 Å². The van der Waals surface area contributed by atoms with Crippen molar-refractivity contribution in [1.82, 2.24) is 9.88 Å². The van der Waals surface area contributed by atoms with Gasteiger partial charge in [-0.25, -0.2) is 0 Å². The van der Waals surface area contributed by atoms with E-state index >= 15 is 0 Å². The Kier molecular flexibility index (Phi) is 5.29. The third-order valence-electron chi connectivity index (χ3n) is 3.31. The number of likely N-dealkylation sites (N-methyl/N-ethyl adjacent to an activating group) is 1. The van der Waals surface area contributed by atoms with Crippen LogP contribution in [0.25, 0.3) is 0 Å². The van der Waals surface area contributed by atoms with E-state index in [4.69, 9.17) is 5.73 Å². The maximum absolute atomic E-state index is 6.14. The molecule has 0 spiro atoms. The molecule has 0 aliphatic carbocycles. The van der Waals surface area contributed by atoms with Gasteiger partial charge in [-0.15, -0.1) is 0 Å². The van der Waals surface area contributed by atoms with Gasteiger partial charge in [0.05, 0.1) is 0 Å². The number of pyridine rings is 1. The lowest BCUT2D eigenvalue weighted by molar-refractivity contribution is 0.107. The van der Waals surface area contributed by atoms with Crippen LogP contribution in [0, 0.1) is 5.41 Å². The van der Waals surface area contributed by atoms with Crippen LogP contribution in [-0.2, 0) is 6.42 Å². The molecule has 102 valence electrons. The molecule has 0 bridgehead atoms. The van der Waals surface area contributed by atoms with Crippen molar-refractivity contribution in [2.75, 3.05) is 13.6 Å². The molecule has 0 aliphatic heterocycles. The van der Waals surface area contributed by atoms with Crippen LogP contribution in [-0.4, -0.2) is 35.6 Å². The SMILES string of the molecule is CC(N)C(N(C)CCc1ccccn1)C(C)(C)C. The fraction of sp³-hybridized carbons (Fsp3) is 0.667. The van der Waals surface area contributed by atoms with Crippen LogP contribution in [0.5, 0.6) is 0 Å².